The number of thioether (sulfide) groups is 1. The Morgan fingerprint density at radius 3 is 2.50 bits per heavy atom. The fourth-order valence-corrected chi connectivity index (χ4v) is 4.55. The van der Waals surface area contributed by atoms with E-state index in [1.165, 1.54) is 11.8 Å². The van der Waals surface area contributed by atoms with E-state index < -0.39 is 0 Å². The van der Waals surface area contributed by atoms with E-state index >= 15 is 0 Å². The third-order valence-electron chi connectivity index (χ3n) is 4.63. The lowest BCUT2D eigenvalue weighted by molar-refractivity contribution is -0.115. The van der Waals surface area contributed by atoms with Gasteiger partial charge in [-0.25, -0.2) is 4.99 Å². The summed E-state index contributed by atoms with van der Waals surface area (Å²) in [5.74, 6) is 0.656. The average molecular weight is 534 g/mol. The molecule has 1 saturated heterocycles. The molecular weight excluding hydrogens is 515 g/mol. The third-order valence-corrected chi connectivity index (χ3v) is 6.56. The van der Waals surface area contributed by atoms with E-state index in [0.29, 0.717) is 48.8 Å². The maximum Gasteiger partial charge on any atom is 0.264 e. The Kier molecular flexibility index (Phi) is 8.06. The standard InChI is InChI=1S/C25H19Cl3N2O3S/c1-2-32-21-12-16(11-20(28)23(21)33-14-15-8-9-18(26)19(27)10-15)13-22-24(31)30-25(34-22)29-17-6-4-3-5-7-17/h3-13H,2,14H2,1H3,(H,29,30,31)/b22-13-. The minimum absolute atomic E-state index is 0.228. The van der Waals surface area contributed by atoms with Gasteiger partial charge in [-0.05, 0) is 72.3 Å². The number of aliphatic imine (C=N–C) groups is 1. The van der Waals surface area contributed by atoms with E-state index in [1.807, 2.05) is 43.3 Å². The van der Waals surface area contributed by atoms with E-state index in [0.717, 1.165) is 11.3 Å². The number of carbonyl (C=O) groups excluding carboxylic acids is 1. The first-order valence-electron chi connectivity index (χ1n) is 10.3. The Labute approximate surface area is 216 Å². The second-order valence-electron chi connectivity index (χ2n) is 7.12. The van der Waals surface area contributed by atoms with Gasteiger partial charge in [-0.15, -0.1) is 0 Å². The van der Waals surface area contributed by atoms with E-state index in [9.17, 15) is 4.79 Å². The highest BCUT2D eigenvalue weighted by Crippen LogP contribution is 2.39. The van der Waals surface area contributed by atoms with Crippen LogP contribution in [0.4, 0.5) is 5.69 Å². The molecule has 0 aromatic heterocycles. The van der Waals surface area contributed by atoms with E-state index in [-0.39, 0.29) is 12.5 Å². The average Bonchev–Trinajstić information content (AvgIpc) is 3.14. The molecule has 1 amide bonds. The van der Waals surface area contributed by atoms with Crippen LogP contribution >= 0.6 is 46.6 Å². The van der Waals surface area contributed by atoms with E-state index in [2.05, 4.69) is 10.3 Å². The van der Waals surface area contributed by atoms with Gasteiger partial charge >= 0.3 is 0 Å². The molecule has 0 aliphatic carbocycles. The lowest BCUT2D eigenvalue weighted by atomic mass is 10.1. The van der Waals surface area contributed by atoms with Crippen LogP contribution in [-0.4, -0.2) is 17.7 Å². The van der Waals surface area contributed by atoms with Gasteiger partial charge in [0.15, 0.2) is 16.7 Å². The van der Waals surface area contributed by atoms with Crippen molar-refractivity contribution in [1.29, 1.82) is 0 Å². The quantitative estimate of drug-likeness (QED) is 0.319. The van der Waals surface area contributed by atoms with E-state index in [4.69, 9.17) is 44.3 Å². The van der Waals surface area contributed by atoms with Gasteiger partial charge in [0.1, 0.15) is 6.61 Å². The van der Waals surface area contributed by atoms with Gasteiger partial charge in [-0.2, -0.15) is 0 Å². The van der Waals surface area contributed by atoms with Crippen molar-refractivity contribution < 1.29 is 14.3 Å². The molecule has 9 heteroatoms. The summed E-state index contributed by atoms with van der Waals surface area (Å²) in [5.41, 5.74) is 2.30. The highest BCUT2D eigenvalue weighted by molar-refractivity contribution is 8.18. The maximum atomic E-state index is 12.5. The predicted octanol–water partition coefficient (Wildman–Crippen LogP) is 7.52. The molecule has 4 rings (SSSR count). The first-order valence-corrected chi connectivity index (χ1v) is 12.3. The van der Waals surface area contributed by atoms with Crippen molar-refractivity contribution >= 4 is 69.4 Å². The molecule has 0 spiro atoms. The first-order chi connectivity index (χ1) is 16.4. The Morgan fingerprint density at radius 2 is 1.76 bits per heavy atom. The SMILES string of the molecule is CCOc1cc(/C=C2\SC(=Nc3ccccc3)NC2=O)cc(Cl)c1OCc1ccc(Cl)c(Cl)c1. The summed E-state index contributed by atoms with van der Waals surface area (Å²) in [6.45, 7) is 2.52. The van der Waals surface area contributed by atoms with Crippen molar-refractivity contribution in [1.82, 2.24) is 5.32 Å². The summed E-state index contributed by atoms with van der Waals surface area (Å²) in [7, 11) is 0. The molecule has 0 radical (unpaired) electrons. The Morgan fingerprint density at radius 1 is 0.971 bits per heavy atom. The number of rotatable bonds is 7. The number of hydrogen-bond donors (Lipinski definition) is 1. The Balaban J connectivity index is 1.56. The molecule has 1 heterocycles. The molecule has 3 aromatic carbocycles. The van der Waals surface area contributed by atoms with Gasteiger partial charge in [0.2, 0.25) is 0 Å². The molecule has 0 bridgehead atoms. The number of ether oxygens (including phenoxy) is 2. The summed E-state index contributed by atoms with van der Waals surface area (Å²) in [4.78, 5) is 17.4. The summed E-state index contributed by atoms with van der Waals surface area (Å²) >= 11 is 19.9. The number of halogens is 3. The van der Waals surface area contributed by atoms with Gasteiger partial charge in [-0.1, -0.05) is 59.1 Å². The minimum atomic E-state index is -0.228. The van der Waals surface area contributed by atoms with Crippen LogP contribution in [0.3, 0.4) is 0 Å². The zero-order chi connectivity index (χ0) is 24.1. The zero-order valence-electron chi connectivity index (χ0n) is 18.0. The number of amidine groups is 1. The number of nitrogens with one attached hydrogen (secondary N) is 1. The van der Waals surface area contributed by atoms with Crippen LogP contribution in [-0.2, 0) is 11.4 Å². The molecule has 174 valence electrons. The second-order valence-corrected chi connectivity index (χ2v) is 9.37. The summed E-state index contributed by atoms with van der Waals surface area (Å²) in [6, 6.07) is 18.2. The Bertz CT molecular complexity index is 1280. The number of carbonyl (C=O) groups is 1. The van der Waals surface area contributed by atoms with Crippen molar-refractivity contribution in [3.63, 3.8) is 0 Å². The minimum Gasteiger partial charge on any atom is -0.490 e. The van der Waals surface area contributed by atoms with E-state index in [1.54, 1.807) is 30.3 Å². The number of hydrogen-bond acceptors (Lipinski definition) is 5. The molecule has 1 N–H and O–H groups in total. The summed E-state index contributed by atoms with van der Waals surface area (Å²) < 4.78 is 11.7. The van der Waals surface area contributed by atoms with Crippen LogP contribution in [0.2, 0.25) is 15.1 Å². The van der Waals surface area contributed by atoms with Gasteiger partial charge in [0, 0.05) is 0 Å². The molecule has 1 aliphatic rings. The van der Waals surface area contributed by atoms with Gasteiger partial charge in [0.25, 0.3) is 5.91 Å². The first kappa shape index (κ1) is 24.5. The zero-order valence-corrected chi connectivity index (χ0v) is 21.1. The van der Waals surface area contributed by atoms with Gasteiger partial charge < -0.3 is 14.8 Å². The normalized spacial score (nSPS) is 15.6. The number of para-hydroxylation sites is 1. The van der Waals surface area contributed by atoms with Crippen LogP contribution < -0.4 is 14.8 Å². The number of benzene rings is 3. The molecule has 0 saturated carbocycles. The van der Waals surface area contributed by atoms with Crippen molar-refractivity contribution in [2.45, 2.75) is 13.5 Å². The van der Waals surface area contributed by atoms with Crippen LogP contribution in [0.25, 0.3) is 6.08 Å². The fraction of sp³-hybridized carbons (Fsp3) is 0.120. The van der Waals surface area contributed by atoms with Crippen molar-refractivity contribution in [3.05, 3.63) is 91.8 Å². The second kappa shape index (κ2) is 11.2. The number of nitrogens with zero attached hydrogens (tertiary/aromatic N) is 1. The maximum absolute atomic E-state index is 12.5. The Hall–Kier alpha value is -2.64. The molecular formula is C25H19Cl3N2O3S. The smallest absolute Gasteiger partial charge is 0.264 e. The highest BCUT2D eigenvalue weighted by atomic mass is 35.5. The number of amides is 1. The predicted molar refractivity (Wildman–Crippen MR) is 141 cm³/mol. The molecule has 3 aromatic rings. The van der Waals surface area contributed by atoms with Crippen molar-refractivity contribution in [3.8, 4) is 11.5 Å². The monoisotopic (exact) mass is 532 g/mol. The largest absolute Gasteiger partial charge is 0.490 e. The summed E-state index contributed by atoms with van der Waals surface area (Å²) in [6.07, 6.45) is 1.74. The molecule has 5 nitrogen and oxygen atoms in total. The van der Waals surface area contributed by atoms with Gasteiger partial charge in [0.05, 0.1) is 32.3 Å². The van der Waals surface area contributed by atoms with Crippen LogP contribution in [0, 0.1) is 0 Å². The lowest BCUT2D eigenvalue weighted by Gasteiger charge is -2.15. The van der Waals surface area contributed by atoms with Crippen LogP contribution in [0.15, 0.2) is 70.6 Å². The van der Waals surface area contributed by atoms with Crippen LogP contribution in [0.1, 0.15) is 18.1 Å². The fourth-order valence-electron chi connectivity index (χ4n) is 3.11. The summed E-state index contributed by atoms with van der Waals surface area (Å²) in [5, 5.41) is 4.58. The highest BCUT2D eigenvalue weighted by Gasteiger charge is 2.24. The molecule has 0 unspecified atom stereocenters. The van der Waals surface area contributed by atoms with Crippen LogP contribution in [0.5, 0.6) is 11.5 Å². The molecule has 1 fully saturated rings. The van der Waals surface area contributed by atoms with Crippen molar-refractivity contribution in [2.75, 3.05) is 6.61 Å². The lowest BCUT2D eigenvalue weighted by Crippen LogP contribution is -2.19. The molecule has 0 atom stereocenters. The topological polar surface area (TPSA) is 59.9 Å². The third kappa shape index (κ3) is 6.07. The molecule has 1 aliphatic heterocycles. The van der Waals surface area contributed by atoms with Gasteiger partial charge in [-0.3, -0.25) is 4.79 Å². The van der Waals surface area contributed by atoms with Crippen molar-refractivity contribution in [2.24, 2.45) is 4.99 Å². The molecule has 34 heavy (non-hydrogen) atoms.